The largest absolute Gasteiger partial charge is 0.461 e. The Morgan fingerprint density at radius 3 is 2.73 bits per heavy atom. The van der Waals surface area contributed by atoms with Crippen LogP contribution >= 0.6 is 11.3 Å². The van der Waals surface area contributed by atoms with E-state index in [1.54, 1.807) is 29.8 Å². The topological polar surface area (TPSA) is 125 Å². The lowest BCUT2D eigenvalue weighted by Gasteiger charge is -2.33. The lowest BCUT2D eigenvalue weighted by molar-refractivity contribution is -0.136. The molecule has 1 atom stereocenters. The highest BCUT2D eigenvalue weighted by atomic mass is 32.1. The Morgan fingerprint density at radius 2 is 2.00 bits per heavy atom. The number of carbonyl (C=O) groups excluding carboxylic acids is 1. The third-order valence-electron chi connectivity index (χ3n) is 6.87. The van der Waals surface area contributed by atoms with Gasteiger partial charge in [0.1, 0.15) is 6.26 Å². The number of nitrogens with zero attached hydrogens (tertiary/aromatic N) is 5. The first kappa shape index (κ1) is 23.9. The van der Waals surface area contributed by atoms with Gasteiger partial charge in [0.2, 0.25) is 0 Å². The third kappa shape index (κ3) is 4.56. The molecule has 12 heteroatoms. The van der Waals surface area contributed by atoms with Crippen molar-refractivity contribution in [3.05, 3.63) is 48.1 Å². The third-order valence-corrected chi connectivity index (χ3v) is 7.92. The Morgan fingerprint density at radius 1 is 1.19 bits per heavy atom. The molecule has 6 rings (SSSR count). The number of nitrogens with one attached hydrogen (secondary N) is 2. The number of aromatic nitrogens is 3. The lowest BCUT2D eigenvalue weighted by atomic mass is 10.0. The van der Waals surface area contributed by atoms with Gasteiger partial charge in [0.05, 0.1) is 29.7 Å². The zero-order valence-corrected chi connectivity index (χ0v) is 21.3. The Balaban J connectivity index is 1.37. The van der Waals surface area contributed by atoms with Crippen LogP contribution < -0.4 is 20.4 Å². The second-order valence-electron chi connectivity index (χ2n) is 9.38. The fourth-order valence-electron chi connectivity index (χ4n) is 4.84. The fourth-order valence-corrected chi connectivity index (χ4v) is 5.84. The van der Waals surface area contributed by atoms with E-state index < -0.39 is 5.72 Å². The van der Waals surface area contributed by atoms with Crippen LogP contribution in [0.25, 0.3) is 10.3 Å². The number of hydrogen-bond acceptors (Lipinski definition) is 11. The van der Waals surface area contributed by atoms with Crippen molar-refractivity contribution >= 4 is 44.2 Å². The van der Waals surface area contributed by atoms with Gasteiger partial charge in [-0.2, -0.15) is 4.98 Å². The number of rotatable bonds is 5. The minimum Gasteiger partial charge on any atom is -0.461 e. The van der Waals surface area contributed by atoms with Gasteiger partial charge in [-0.05, 0) is 38.0 Å². The van der Waals surface area contributed by atoms with E-state index in [-0.39, 0.29) is 12.0 Å². The predicted molar refractivity (Wildman–Crippen MR) is 141 cm³/mol. The highest BCUT2D eigenvalue weighted by Gasteiger charge is 2.44. The first-order valence-electron chi connectivity index (χ1n) is 12.4. The molecule has 0 spiro atoms. The summed E-state index contributed by atoms with van der Waals surface area (Å²) >= 11 is 1.55. The van der Waals surface area contributed by atoms with E-state index in [4.69, 9.17) is 19.4 Å². The number of amides is 1. The number of hydrogen-bond donors (Lipinski definition) is 3. The standard InChI is InChI=1S/C25H29N7O4S/c1-16-14-17(2-5-26-16)25(27-6-11-36-25)23(34)28-19-15-20-21(29-22(19)31-7-3-18(33)4-8-31)30-24(37-20)32-9-12-35-13-10-32/h2,5-6,11,14-15,18,27,33H,3-4,7-10,12-13H2,1H3,(H,28,34). The Hall–Kier alpha value is -3.48. The molecular formula is C25H29N7O4S. The van der Waals surface area contributed by atoms with Gasteiger partial charge in [-0.25, -0.2) is 4.98 Å². The van der Waals surface area contributed by atoms with Gasteiger partial charge in [-0.1, -0.05) is 11.3 Å². The minimum absolute atomic E-state index is 0.328. The molecule has 1 amide bonds. The summed E-state index contributed by atoms with van der Waals surface area (Å²) in [5.41, 5.74) is 1.21. The monoisotopic (exact) mass is 523 g/mol. The van der Waals surface area contributed by atoms with Crippen LogP contribution in [0.1, 0.15) is 24.1 Å². The molecule has 2 fully saturated rings. The van der Waals surface area contributed by atoms with Gasteiger partial charge >= 0.3 is 0 Å². The van der Waals surface area contributed by atoms with E-state index in [1.807, 2.05) is 19.1 Å². The number of fused-ring (bicyclic) bond motifs is 1. The summed E-state index contributed by atoms with van der Waals surface area (Å²) in [6.45, 7) is 6.04. The van der Waals surface area contributed by atoms with Crippen molar-refractivity contribution in [2.45, 2.75) is 31.6 Å². The summed E-state index contributed by atoms with van der Waals surface area (Å²) in [4.78, 5) is 32.1. The SMILES string of the molecule is Cc1cc(C2(C(=O)Nc3cc4sc(N5CCOCC5)nc4nc3N3CCC(O)CC3)NC=CO2)ccn1. The van der Waals surface area contributed by atoms with Gasteiger partial charge in [0.15, 0.2) is 16.6 Å². The molecule has 0 saturated carbocycles. The van der Waals surface area contributed by atoms with Crippen LogP contribution in [0.15, 0.2) is 36.9 Å². The van der Waals surface area contributed by atoms with Crippen LogP contribution in [-0.4, -0.2) is 71.5 Å². The number of anilines is 3. The summed E-state index contributed by atoms with van der Waals surface area (Å²) in [6, 6.07) is 5.53. The van der Waals surface area contributed by atoms with Gasteiger partial charge in [0, 0.05) is 49.8 Å². The highest BCUT2D eigenvalue weighted by Crippen LogP contribution is 2.37. The highest BCUT2D eigenvalue weighted by molar-refractivity contribution is 7.22. The summed E-state index contributed by atoms with van der Waals surface area (Å²) in [7, 11) is 0. The van der Waals surface area contributed by atoms with Gasteiger partial charge in [-0.3, -0.25) is 9.78 Å². The normalized spacial score (nSPS) is 22.2. The van der Waals surface area contributed by atoms with Gasteiger partial charge < -0.3 is 35.0 Å². The summed E-state index contributed by atoms with van der Waals surface area (Å²) in [5.74, 6) is 0.263. The van der Waals surface area contributed by atoms with Crippen molar-refractivity contribution in [1.82, 2.24) is 20.3 Å². The van der Waals surface area contributed by atoms with E-state index in [9.17, 15) is 9.90 Å². The quantitative estimate of drug-likeness (QED) is 0.458. The van der Waals surface area contributed by atoms with Crippen LogP contribution in [-0.2, 0) is 20.0 Å². The van der Waals surface area contributed by atoms with Crippen LogP contribution in [0.5, 0.6) is 0 Å². The average Bonchev–Trinajstić information content (AvgIpc) is 3.58. The molecule has 6 heterocycles. The zero-order chi connectivity index (χ0) is 25.4. The summed E-state index contributed by atoms with van der Waals surface area (Å²) in [6.07, 6.45) is 5.69. The molecule has 37 heavy (non-hydrogen) atoms. The molecule has 194 valence electrons. The van der Waals surface area contributed by atoms with E-state index >= 15 is 0 Å². The van der Waals surface area contributed by atoms with Gasteiger partial charge in [0.25, 0.3) is 11.6 Å². The first-order valence-corrected chi connectivity index (χ1v) is 13.3. The van der Waals surface area contributed by atoms with E-state index in [0.717, 1.165) is 28.6 Å². The second kappa shape index (κ2) is 9.77. The van der Waals surface area contributed by atoms with Crippen molar-refractivity contribution < 1.29 is 19.4 Å². The number of ether oxygens (including phenoxy) is 2. The number of carbonyl (C=O) groups is 1. The number of pyridine rings is 2. The van der Waals surface area contributed by atoms with Crippen LogP contribution in [0.3, 0.4) is 0 Å². The molecule has 1 unspecified atom stereocenters. The number of thiazole rings is 1. The minimum atomic E-state index is -1.43. The average molecular weight is 524 g/mol. The van der Waals surface area contributed by atoms with Gasteiger partial charge in [-0.15, -0.1) is 0 Å². The fraction of sp³-hybridized carbons (Fsp3) is 0.440. The molecule has 0 aromatic carbocycles. The van der Waals surface area contributed by atoms with E-state index in [2.05, 4.69) is 25.4 Å². The van der Waals surface area contributed by atoms with Crippen LogP contribution in [0.4, 0.5) is 16.6 Å². The maximum absolute atomic E-state index is 13.8. The molecular weight excluding hydrogens is 494 g/mol. The van der Waals surface area contributed by atoms with Crippen LogP contribution in [0, 0.1) is 6.92 Å². The van der Waals surface area contributed by atoms with Crippen molar-refractivity contribution in [2.75, 3.05) is 54.5 Å². The lowest BCUT2D eigenvalue weighted by Crippen LogP contribution is -2.49. The predicted octanol–water partition coefficient (Wildman–Crippen LogP) is 2.07. The van der Waals surface area contributed by atoms with Crippen molar-refractivity contribution in [2.24, 2.45) is 0 Å². The molecule has 3 aliphatic rings. The molecule has 11 nitrogen and oxygen atoms in total. The second-order valence-corrected chi connectivity index (χ2v) is 10.4. The number of aryl methyl sites for hydroxylation is 1. The Bertz CT molecular complexity index is 1320. The maximum atomic E-state index is 13.8. The molecule has 0 aliphatic carbocycles. The van der Waals surface area contributed by atoms with Crippen LogP contribution in [0.2, 0.25) is 0 Å². The first-order chi connectivity index (χ1) is 18.0. The van der Waals surface area contributed by atoms with Crippen molar-refractivity contribution in [3.8, 4) is 0 Å². The molecule has 3 aromatic rings. The van der Waals surface area contributed by atoms with Crippen molar-refractivity contribution in [3.63, 3.8) is 0 Å². The van der Waals surface area contributed by atoms with E-state index in [0.29, 0.717) is 61.9 Å². The number of aliphatic hydroxyl groups is 1. The number of piperidine rings is 1. The Kier molecular flexibility index (Phi) is 6.31. The van der Waals surface area contributed by atoms with Crippen molar-refractivity contribution in [1.29, 1.82) is 0 Å². The zero-order valence-electron chi connectivity index (χ0n) is 20.5. The molecule has 3 aromatic heterocycles. The molecule has 0 bridgehead atoms. The number of morpholine rings is 1. The molecule has 2 saturated heterocycles. The molecule has 0 radical (unpaired) electrons. The summed E-state index contributed by atoms with van der Waals surface area (Å²) in [5, 5.41) is 17.1. The molecule has 3 aliphatic heterocycles. The summed E-state index contributed by atoms with van der Waals surface area (Å²) < 4.78 is 12.2. The molecule has 3 N–H and O–H groups in total. The smallest absolute Gasteiger partial charge is 0.295 e. The number of aliphatic hydroxyl groups excluding tert-OH is 1. The van der Waals surface area contributed by atoms with E-state index in [1.165, 1.54) is 6.26 Å². The maximum Gasteiger partial charge on any atom is 0.295 e. The Labute approximate surface area is 218 Å².